The summed E-state index contributed by atoms with van der Waals surface area (Å²) in [6.45, 7) is 17.6. The minimum Gasteiger partial charge on any atom is -0.378 e. The highest BCUT2D eigenvalue weighted by Gasteiger charge is 2.46. The monoisotopic (exact) mass is 434 g/mol. The first-order valence-electron chi connectivity index (χ1n) is 11.3. The third-order valence-corrected chi connectivity index (χ3v) is 7.50. The number of aryl methyl sites for hydroxylation is 2. The second-order valence-electron chi connectivity index (χ2n) is 8.58. The molecule has 0 N–H and O–H groups in total. The van der Waals surface area contributed by atoms with Gasteiger partial charge in [-0.1, -0.05) is 19.9 Å². The lowest BCUT2D eigenvalue weighted by atomic mass is 9.77. The highest BCUT2D eigenvalue weighted by Crippen LogP contribution is 2.44. The molecule has 0 aliphatic carbocycles. The number of ether oxygens (including phenoxy) is 1. The van der Waals surface area contributed by atoms with E-state index in [1.165, 1.54) is 16.9 Å². The average Bonchev–Trinajstić information content (AvgIpc) is 3.36. The van der Waals surface area contributed by atoms with Gasteiger partial charge in [0.05, 0.1) is 6.10 Å². The van der Waals surface area contributed by atoms with Crippen LogP contribution in [0.2, 0.25) is 0 Å². The summed E-state index contributed by atoms with van der Waals surface area (Å²) in [6, 6.07) is 7.79. The maximum Gasteiger partial charge on any atom is 0.176 e. The summed E-state index contributed by atoms with van der Waals surface area (Å²) in [6.07, 6.45) is 5.22. The molecule has 168 valence electrons. The maximum atomic E-state index is 13.4. The van der Waals surface area contributed by atoms with Crippen LogP contribution in [0, 0.1) is 17.5 Å². The standard InChI is InChI=1S/C23H33FN2OS.C2H6/c1-6-27-18(3)23(12-11-20-9-10-21(24)28-20)13-14-26(16-23)22(4,5)19-8-7-17(2)25-15-19;1-2/h7-10,15,18H,6,11-14,16H2,1-5H3;1-2H3. The predicted octanol–water partition coefficient (Wildman–Crippen LogP) is 6.60. The van der Waals surface area contributed by atoms with Gasteiger partial charge in [-0.3, -0.25) is 9.88 Å². The number of thiophene rings is 1. The van der Waals surface area contributed by atoms with E-state index in [1.54, 1.807) is 6.07 Å². The van der Waals surface area contributed by atoms with Crippen molar-refractivity contribution < 1.29 is 9.13 Å². The molecule has 0 saturated carbocycles. The van der Waals surface area contributed by atoms with Gasteiger partial charge in [-0.15, -0.1) is 11.3 Å². The number of hydrogen-bond donors (Lipinski definition) is 0. The third kappa shape index (κ3) is 5.68. The molecule has 0 aromatic carbocycles. The molecule has 3 rings (SSSR count). The van der Waals surface area contributed by atoms with E-state index >= 15 is 0 Å². The topological polar surface area (TPSA) is 25.4 Å². The van der Waals surface area contributed by atoms with Crippen molar-refractivity contribution in [2.24, 2.45) is 5.41 Å². The Morgan fingerprint density at radius 1 is 1.27 bits per heavy atom. The number of pyridine rings is 1. The van der Waals surface area contributed by atoms with Crippen molar-refractivity contribution in [2.75, 3.05) is 19.7 Å². The molecule has 3 heterocycles. The van der Waals surface area contributed by atoms with E-state index < -0.39 is 0 Å². The molecule has 1 aliphatic rings. The van der Waals surface area contributed by atoms with Gasteiger partial charge < -0.3 is 4.74 Å². The van der Waals surface area contributed by atoms with Crippen LogP contribution in [0.5, 0.6) is 0 Å². The summed E-state index contributed by atoms with van der Waals surface area (Å²) >= 11 is 1.27. The molecular weight excluding hydrogens is 395 g/mol. The quantitative estimate of drug-likeness (QED) is 0.468. The molecular formula is C25H39FN2OS. The van der Waals surface area contributed by atoms with Gasteiger partial charge in [-0.05, 0) is 84.2 Å². The average molecular weight is 435 g/mol. The van der Waals surface area contributed by atoms with Crippen LogP contribution in [-0.4, -0.2) is 35.7 Å². The lowest BCUT2D eigenvalue weighted by molar-refractivity contribution is -0.0291. The third-order valence-electron chi connectivity index (χ3n) is 6.57. The Morgan fingerprint density at radius 3 is 2.57 bits per heavy atom. The molecule has 3 nitrogen and oxygen atoms in total. The highest BCUT2D eigenvalue weighted by molar-refractivity contribution is 7.10. The Hall–Kier alpha value is -1.30. The molecule has 1 saturated heterocycles. The van der Waals surface area contributed by atoms with E-state index in [0.717, 1.165) is 49.5 Å². The van der Waals surface area contributed by atoms with Gasteiger partial charge in [0.25, 0.3) is 0 Å². The fraction of sp³-hybridized carbons (Fsp3) is 0.640. The van der Waals surface area contributed by atoms with E-state index in [-0.39, 0.29) is 22.2 Å². The molecule has 2 unspecified atom stereocenters. The SMILES string of the molecule is CC.CCOC(C)C1(CCc2ccc(F)s2)CCN(C(C)(C)c2ccc(C)nc2)C1. The molecule has 1 fully saturated rings. The molecule has 5 heteroatoms. The van der Waals surface area contributed by atoms with Crippen molar-refractivity contribution in [1.82, 2.24) is 9.88 Å². The Labute approximate surface area is 186 Å². The normalized spacial score (nSPS) is 20.7. The predicted molar refractivity (Wildman–Crippen MR) is 126 cm³/mol. The first-order valence-corrected chi connectivity index (χ1v) is 12.1. The number of aromatic nitrogens is 1. The van der Waals surface area contributed by atoms with Crippen LogP contribution >= 0.6 is 11.3 Å². The molecule has 30 heavy (non-hydrogen) atoms. The van der Waals surface area contributed by atoms with Crippen molar-refractivity contribution in [2.45, 2.75) is 79.4 Å². The second kappa shape index (κ2) is 10.8. The minimum absolute atomic E-state index is 0.0799. The van der Waals surface area contributed by atoms with Gasteiger partial charge in [-0.25, -0.2) is 0 Å². The van der Waals surface area contributed by atoms with Crippen molar-refractivity contribution in [3.05, 3.63) is 51.7 Å². The van der Waals surface area contributed by atoms with E-state index in [9.17, 15) is 4.39 Å². The zero-order chi connectivity index (χ0) is 22.4. The van der Waals surface area contributed by atoms with Crippen LogP contribution in [0.4, 0.5) is 4.39 Å². The molecule has 1 aliphatic heterocycles. The van der Waals surface area contributed by atoms with Gasteiger partial charge in [0.1, 0.15) is 0 Å². The minimum atomic E-state index is -0.0945. The van der Waals surface area contributed by atoms with Gasteiger partial charge in [0.15, 0.2) is 5.13 Å². The fourth-order valence-electron chi connectivity index (χ4n) is 4.41. The number of hydrogen-bond acceptors (Lipinski definition) is 4. The second-order valence-corrected chi connectivity index (χ2v) is 9.70. The zero-order valence-corrected chi connectivity index (χ0v) is 20.6. The van der Waals surface area contributed by atoms with Crippen molar-refractivity contribution in [3.63, 3.8) is 0 Å². The van der Waals surface area contributed by atoms with E-state index in [0.29, 0.717) is 0 Å². The lowest BCUT2D eigenvalue weighted by Gasteiger charge is -2.40. The van der Waals surface area contributed by atoms with Crippen LogP contribution in [0.3, 0.4) is 0 Å². The smallest absolute Gasteiger partial charge is 0.176 e. The first kappa shape index (κ1) is 25.0. The van der Waals surface area contributed by atoms with Crippen LogP contribution in [-0.2, 0) is 16.7 Å². The lowest BCUT2D eigenvalue weighted by Crippen LogP contribution is -2.44. The fourth-order valence-corrected chi connectivity index (χ4v) is 5.14. The summed E-state index contributed by atoms with van der Waals surface area (Å²) in [5.41, 5.74) is 2.30. The molecule has 0 amide bonds. The summed E-state index contributed by atoms with van der Waals surface area (Å²) in [7, 11) is 0. The molecule has 0 bridgehead atoms. The van der Waals surface area contributed by atoms with Crippen molar-refractivity contribution in [1.29, 1.82) is 0 Å². The molecule has 2 aromatic heterocycles. The van der Waals surface area contributed by atoms with Gasteiger partial charge in [0, 0.05) is 40.9 Å². The number of nitrogens with zero attached hydrogens (tertiary/aromatic N) is 2. The van der Waals surface area contributed by atoms with Crippen LogP contribution in [0.15, 0.2) is 30.5 Å². The van der Waals surface area contributed by atoms with Crippen molar-refractivity contribution in [3.8, 4) is 0 Å². The van der Waals surface area contributed by atoms with Gasteiger partial charge in [-0.2, -0.15) is 4.39 Å². The summed E-state index contributed by atoms with van der Waals surface area (Å²) in [5.74, 6) is 0. The molecule has 2 aromatic rings. The molecule has 0 spiro atoms. The van der Waals surface area contributed by atoms with E-state index in [2.05, 4.69) is 49.7 Å². The Bertz CT molecular complexity index is 774. The highest BCUT2D eigenvalue weighted by atomic mass is 32.1. The van der Waals surface area contributed by atoms with Crippen LogP contribution in [0.25, 0.3) is 0 Å². The van der Waals surface area contributed by atoms with Crippen LogP contribution < -0.4 is 0 Å². The van der Waals surface area contributed by atoms with E-state index in [4.69, 9.17) is 4.74 Å². The van der Waals surface area contributed by atoms with Crippen LogP contribution in [0.1, 0.15) is 70.5 Å². The number of likely N-dealkylation sites (tertiary alicyclic amines) is 1. The van der Waals surface area contributed by atoms with E-state index in [1.807, 2.05) is 33.0 Å². The Morgan fingerprint density at radius 2 is 2.00 bits per heavy atom. The number of rotatable bonds is 8. The van der Waals surface area contributed by atoms with Crippen molar-refractivity contribution >= 4 is 11.3 Å². The zero-order valence-electron chi connectivity index (χ0n) is 19.8. The molecule has 2 atom stereocenters. The Kier molecular flexibility index (Phi) is 9.01. The summed E-state index contributed by atoms with van der Waals surface area (Å²) < 4.78 is 19.5. The van der Waals surface area contributed by atoms with Gasteiger partial charge in [0.2, 0.25) is 0 Å². The largest absolute Gasteiger partial charge is 0.378 e. The maximum absolute atomic E-state index is 13.4. The summed E-state index contributed by atoms with van der Waals surface area (Å²) in [5, 5.41) is -0.0945. The number of halogens is 1. The summed E-state index contributed by atoms with van der Waals surface area (Å²) in [4.78, 5) is 8.21. The Balaban J connectivity index is 0.00000155. The first-order chi connectivity index (χ1) is 14.3. The van der Waals surface area contributed by atoms with Gasteiger partial charge >= 0.3 is 0 Å². The molecule has 0 radical (unpaired) electrons.